The number of hydrogen-bond donors (Lipinski definition) is 2. The summed E-state index contributed by atoms with van der Waals surface area (Å²) in [5.41, 5.74) is 0.802. The van der Waals surface area contributed by atoms with Gasteiger partial charge in [0, 0.05) is 12.8 Å². The van der Waals surface area contributed by atoms with Crippen LogP contribution in [0.4, 0.5) is 0 Å². The zero-order valence-electron chi connectivity index (χ0n) is 11.3. The van der Waals surface area contributed by atoms with Crippen LogP contribution < -0.4 is 10.1 Å². The molecule has 0 amide bonds. The highest BCUT2D eigenvalue weighted by molar-refractivity contribution is 7.90. The highest BCUT2D eigenvalue weighted by atomic mass is 32.2. The number of benzene rings is 1. The highest BCUT2D eigenvalue weighted by Crippen LogP contribution is 2.16. The fraction of sp³-hybridized carbons (Fsp3) is 0.538. The lowest BCUT2D eigenvalue weighted by molar-refractivity contribution is 0.175. The molecule has 0 fully saturated rings. The standard InChI is InChI=1S/C13H21NO4S/c1-18-12-6-4-11(5-7-12)13(15)10-14-8-3-9-19(2,16)17/h4-7,13-15H,3,8-10H2,1-2H3. The number of aliphatic hydroxyl groups is 1. The van der Waals surface area contributed by atoms with Gasteiger partial charge in [0.25, 0.3) is 0 Å². The van der Waals surface area contributed by atoms with Crippen LogP contribution in [0.3, 0.4) is 0 Å². The van der Waals surface area contributed by atoms with Crippen LogP contribution in [0.15, 0.2) is 24.3 Å². The van der Waals surface area contributed by atoms with Gasteiger partial charge in [-0.25, -0.2) is 8.42 Å². The number of aliphatic hydroxyl groups excluding tert-OH is 1. The van der Waals surface area contributed by atoms with E-state index in [1.54, 1.807) is 19.2 Å². The molecule has 108 valence electrons. The maximum Gasteiger partial charge on any atom is 0.147 e. The summed E-state index contributed by atoms with van der Waals surface area (Å²) in [6.07, 6.45) is 1.16. The molecule has 2 N–H and O–H groups in total. The van der Waals surface area contributed by atoms with Crippen molar-refractivity contribution in [1.29, 1.82) is 0 Å². The van der Waals surface area contributed by atoms with Gasteiger partial charge in [-0.1, -0.05) is 12.1 Å². The summed E-state index contributed by atoms with van der Waals surface area (Å²) in [6.45, 7) is 0.969. The summed E-state index contributed by atoms with van der Waals surface area (Å²) < 4.78 is 26.9. The Hall–Kier alpha value is -1.11. The Morgan fingerprint density at radius 1 is 1.32 bits per heavy atom. The Morgan fingerprint density at radius 3 is 2.47 bits per heavy atom. The van der Waals surface area contributed by atoms with Crippen LogP contribution in [-0.2, 0) is 9.84 Å². The average molecular weight is 287 g/mol. The van der Waals surface area contributed by atoms with Gasteiger partial charge in [-0.05, 0) is 30.7 Å². The average Bonchev–Trinajstić information content (AvgIpc) is 2.37. The van der Waals surface area contributed by atoms with Crippen molar-refractivity contribution in [3.63, 3.8) is 0 Å². The van der Waals surface area contributed by atoms with E-state index in [4.69, 9.17) is 4.74 Å². The number of hydrogen-bond acceptors (Lipinski definition) is 5. The summed E-state index contributed by atoms with van der Waals surface area (Å²) in [4.78, 5) is 0. The summed E-state index contributed by atoms with van der Waals surface area (Å²) in [5, 5.41) is 13.0. The first-order chi connectivity index (χ1) is 8.92. The molecule has 0 bridgehead atoms. The van der Waals surface area contributed by atoms with Gasteiger partial charge < -0.3 is 15.2 Å². The molecule has 0 spiro atoms. The molecule has 0 aromatic heterocycles. The molecular formula is C13H21NO4S. The molecule has 0 radical (unpaired) electrons. The topological polar surface area (TPSA) is 75.6 Å². The van der Waals surface area contributed by atoms with Gasteiger partial charge >= 0.3 is 0 Å². The zero-order chi connectivity index (χ0) is 14.3. The number of rotatable bonds is 8. The van der Waals surface area contributed by atoms with Crippen LogP contribution in [0.2, 0.25) is 0 Å². The second-order valence-electron chi connectivity index (χ2n) is 4.48. The summed E-state index contributed by atoms with van der Waals surface area (Å²) in [6, 6.07) is 7.20. The van der Waals surface area contributed by atoms with Gasteiger partial charge in [0.1, 0.15) is 15.6 Å². The first kappa shape index (κ1) is 15.9. The third kappa shape index (κ3) is 6.56. The fourth-order valence-corrected chi connectivity index (χ4v) is 2.31. The second-order valence-corrected chi connectivity index (χ2v) is 6.74. The predicted octanol–water partition coefficient (Wildman–Crippen LogP) is 0.753. The molecular weight excluding hydrogens is 266 g/mol. The molecule has 0 aliphatic rings. The van der Waals surface area contributed by atoms with Crippen LogP contribution in [0.25, 0.3) is 0 Å². The summed E-state index contributed by atoms with van der Waals surface area (Å²) in [7, 11) is -1.31. The normalized spacial score (nSPS) is 13.2. The smallest absolute Gasteiger partial charge is 0.147 e. The van der Waals surface area contributed by atoms with Crippen molar-refractivity contribution < 1.29 is 18.3 Å². The molecule has 1 aromatic carbocycles. The molecule has 1 rings (SSSR count). The molecule has 1 aromatic rings. The van der Waals surface area contributed by atoms with E-state index < -0.39 is 15.9 Å². The maximum atomic E-state index is 10.9. The van der Waals surface area contributed by atoms with Gasteiger partial charge in [-0.3, -0.25) is 0 Å². The zero-order valence-corrected chi connectivity index (χ0v) is 12.1. The Bertz CT molecular complexity index is 470. The van der Waals surface area contributed by atoms with Gasteiger partial charge in [-0.2, -0.15) is 0 Å². The first-order valence-electron chi connectivity index (χ1n) is 6.13. The van der Waals surface area contributed by atoms with Gasteiger partial charge in [0.2, 0.25) is 0 Å². The lowest BCUT2D eigenvalue weighted by atomic mass is 10.1. The fourth-order valence-electron chi connectivity index (χ4n) is 1.64. The van der Waals surface area contributed by atoms with Crippen molar-refractivity contribution in [2.45, 2.75) is 12.5 Å². The summed E-state index contributed by atoms with van der Waals surface area (Å²) in [5.74, 6) is 0.913. The van der Waals surface area contributed by atoms with Crippen molar-refractivity contribution in [1.82, 2.24) is 5.32 Å². The van der Waals surface area contributed by atoms with E-state index in [1.807, 2.05) is 12.1 Å². The molecule has 0 aliphatic carbocycles. The van der Waals surface area contributed by atoms with Crippen LogP contribution >= 0.6 is 0 Å². The maximum absolute atomic E-state index is 10.9. The monoisotopic (exact) mass is 287 g/mol. The third-order valence-electron chi connectivity index (χ3n) is 2.71. The van der Waals surface area contributed by atoms with Gasteiger partial charge in [0.15, 0.2) is 0 Å². The lowest BCUT2D eigenvalue weighted by Crippen LogP contribution is -2.24. The highest BCUT2D eigenvalue weighted by Gasteiger charge is 2.07. The van der Waals surface area contributed by atoms with Crippen molar-refractivity contribution in [2.24, 2.45) is 0 Å². The number of sulfone groups is 1. The van der Waals surface area contributed by atoms with Crippen LogP contribution in [0, 0.1) is 0 Å². The molecule has 0 saturated heterocycles. The van der Waals surface area contributed by atoms with E-state index in [0.29, 0.717) is 19.5 Å². The summed E-state index contributed by atoms with van der Waals surface area (Å²) >= 11 is 0. The molecule has 1 unspecified atom stereocenters. The SMILES string of the molecule is COc1ccc(C(O)CNCCCS(C)(=O)=O)cc1. The minimum Gasteiger partial charge on any atom is -0.497 e. The van der Waals surface area contributed by atoms with Crippen LogP contribution in [0.1, 0.15) is 18.1 Å². The minimum absolute atomic E-state index is 0.165. The van der Waals surface area contributed by atoms with Crippen molar-refractivity contribution in [3.8, 4) is 5.75 Å². The molecule has 0 saturated carbocycles. The Morgan fingerprint density at radius 2 is 1.95 bits per heavy atom. The predicted molar refractivity (Wildman–Crippen MR) is 75.2 cm³/mol. The molecule has 0 aliphatic heterocycles. The van der Waals surface area contributed by atoms with Crippen molar-refractivity contribution >= 4 is 9.84 Å². The van der Waals surface area contributed by atoms with Crippen LogP contribution in [-0.4, -0.2) is 45.7 Å². The van der Waals surface area contributed by atoms with E-state index in [9.17, 15) is 13.5 Å². The largest absolute Gasteiger partial charge is 0.497 e. The minimum atomic E-state index is -2.90. The van der Waals surface area contributed by atoms with Gasteiger partial charge in [0.05, 0.1) is 19.0 Å². The number of ether oxygens (including phenoxy) is 1. The number of nitrogens with one attached hydrogen (secondary N) is 1. The molecule has 1 atom stereocenters. The molecule has 6 heteroatoms. The Balaban J connectivity index is 2.28. The van der Waals surface area contributed by atoms with E-state index in [2.05, 4.69) is 5.32 Å². The van der Waals surface area contributed by atoms with E-state index >= 15 is 0 Å². The first-order valence-corrected chi connectivity index (χ1v) is 8.19. The quantitative estimate of drug-likeness (QED) is 0.690. The molecule has 5 nitrogen and oxygen atoms in total. The lowest BCUT2D eigenvalue weighted by Gasteiger charge is -2.12. The Kier molecular flexibility index (Phi) is 6.27. The van der Waals surface area contributed by atoms with E-state index in [0.717, 1.165) is 11.3 Å². The van der Waals surface area contributed by atoms with E-state index in [-0.39, 0.29) is 5.75 Å². The van der Waals surface area contributed by atoms with Crippen molar-refractivity contribution in [2.75, 3.05) is 32.2 Å². The van der Waals surface area contributed by atoms with Crippen LogP contribution in [0.5, 0.6) is 5.75 Å². The van der Waals surface area contributed by atoms with E-state index in [1.165, 1.54) is 6.26 Å². The second kappa shape index (κ2) is 7.47. The van der Waals surface area contributed by atoms with Crippen molar-refractivity contribution in [3.05, 3.63) is 29.8 Å². The number of methoxy groups -OCH3 is 1. The van der Waals surface area contributed by atoms with Gasteiger partial charge in [-0.15, -0.1) is 0 Å². The molecule has 0 heterocycles. The Labute approximate surface area is 114 Å². The molecule has 19 heavy (non-hydrogen) atoms. The third-order valence-corrected chi connectivity index (χ3v) is 3.74.